The number of ether oxygens (including phenoxy) is 1. The van der Waals surface area contributed by atoms with Crippen molar-refractivity contribution in [1.29, 1.82) is 0 Å². The predicted molar refractivity (Wildman–Crippen MR) is 79.4 cm³/mol. The number of rotatable bonds is 6. The topological polar surface area (TPSA) is 60.2 Å². The van der Waals surface area contributed by atoms with Crippen LogP contribution in [0.25, 0.3) is 0 Å². The van der Waals surface area contributed by atoms with Crippen molar-refractivity contribution in [3.63, 3.8) is 0 Å². The maximum atomic E-state index is 5.68. The van der Waals surface area contributed by atoms with Crippen LogP contribution >= 0.6 is 12.4 Å². The molecule has 0 amide bonds. The van der Waals surface area contributed by atoms with Gasteiger partial charge in [0.1, 0.15) is 5.75 Å². The monoisotopic (exact) mass is 297 g/mol. The quantitative estimate of drug-likeness (QED) is 0.887. The van der Waals surface area contributed by atoms with Crippen LogP contribution < -0.4 is 10.1 Å². The number of nitrogens with one attached hydrogen (secondary N) is 1. The lowest BCUT2D eigenvalue weighted by Gasteiger charge is -2.07. The average molecular weight is 298 g/mol. The van der Waals surface area contributed by atoms with Crippen molar-refractivity contribution in [3.8, 4) is 5.75 Å². The second kappa shape index (κ2) is 7.87. The molecule has 0 aliphatic rings. The van der Waals surface area contributed by atoms with Crippen molar-refractivity contribution < 1.29 is 9.26 Å². The number of aryl methyl sites for hydroxylation is 2. The van der Waals surface area contributed by atoms with E-state index in [0.717, 1.165) is 24.3 Å². The summed E-state index contributed by atoms with van der Waals surface area (Å²) >= 11 is 0. The van der Waals surface area contributed by atoms with E-state index >= 15 is 0 Å². The van der Waals surface area contributed by atoms with Gasteiger partial charge in [-0.2, -0.15) is 4.98 Å². The standard InChI is InChI=1S/C14H19N3O2.ClH/c1-10-4-5-12(11(2)8-10)18-9-14-16-13(17-19-14)6-7-15-3;/h4-5,8,15H,6-7,9H2,1-3H3;1H. The summed E-state index contributed by atoms with van der Waals surface area (Å²) in [5.74, 6) is 2.06. The van der Waals surface area contributed by atoms with E-state index < -0.39 is 0 Å². The van der Waals surface area contributed by atoms with Gasteiger partial charge in [-0.25, -0.2) is 0 Å². The second-order valence-electron chi connectivity index (χ2n) is 4.52. The zero-order chi connectivity index (χ0) is 13.7. The van der Waals surface area contributed by atoms with E-state index in [0.29, 0.717) is 18.3 Å². The fourth-order valence-electron chi connectivity index (χ4n) is 1.79. The normalized spacial score (nSPS) is 10.2. The first-order valence-corrected chi connectivity index (χ1v) is 6.35. The van der Waals surface area contributed by atoms with Gasteiger partial charge in [-0.15, -0.1) is 12.4 Å². The van der Waals surface area contributed by atoms with Gasteiger partial charge in [-0.1, -0.05) is 22.9 Å². The maximum absolute atomic E-state index is 5.68. The molecular weight excluding hydrogens is 278 g/mol. The first kappa shape index (κ1) is 16.5. The summed E-state index contributed by atoms with van der Waals surface area (Å²) in [4.78, 5) is 4.27. The summed E-state index contributed by atoms with van der Waals surface area (Å²) in [5.41, 5.74) is 2.33. The van der Waals surface area contributed by atoms with Crippen LogP contribution in [-0.2, 0) is 13.0 Å². The lowest BCUT2D eigenvalue weighted by atomic mass is 10.1. The van der Waals surface area contributed by atoms with Crippen molar-refractivity contribution in [2.75, 3.05) is 13.6 Å². The highest BCUT2D eigenvalue weighted by Crippen LogP contribution is 2.19. The van der Waals surface area contributed by atoms with Crippen molar-refractivity contribution in [1.82, 2.24) is 15.5 Å². The molecule has 1 heterocycles. The summed E-state index contributed by atoms with van der Waals surface area (Å²) in [6.45, 7) is 5.21. The number of hydrogen-bond acceptors (Lipinski definition) is 5. The van der Waals surface area contributed by atoms with E-state index in [1.54, 1.807) is 0 Å². The number of nitrogens with zero attached hydrogens (tertiary/aromatic N) is 2. The van der Waals surface area contributed by atoms with Gasteiger partial charge in [-0.05, 0) is 32.5 Å². The molecule has 110 valence electrons. The van der Waals surface area contributed by atoms with Crippen LogP contribution in [0.2, 0.25) is 0 Å². The highest BCUT2D eigenvalue weighted by molar-refractivity contribution is 5.85. The summed E-state index contributed by atoms with van der Waals surface area (Å²) in [6.07, 6.45) is 0.754. The Labute approximate surface area is 125 Å². The Kier molecular flexibility index (Phi) is 6.48. The minimum atomic E-state index is 0. The van der Waals surface area contributed by atoms with E-state index in [2.05, 4.69) is 28.4 Å². The van der Waals surface area contributed by atoms with E-state index in [1.807, 2.05) is 26.1 Å². The number of aromatic nitrogens is 2. The van der Waals surface area contributed by atoms with Gasteiger partial charge in [0.2, 0.25) is 0 Å². The first-order chi connectivity index (χ1) is 9.19. The second-order valence-corrected chi connectivity index (χ2v) is 4.52. The summed E-state index contributed by atoms with van der Waals surface area (Å²) in [6, 6.07) is 6.07. The lowest BCUT2D eigenvalue weighted by Crippen LogP contribution is -2.11. The Morgan fingerprint density at radius 2 is 2.10 bits per heavy atom. The molecule has 1 aromatic carbocycles. The summed E-state index contributed by atoms with van der Waals surface area (Å²) < 4.78 is 10.8. The van der Waals surface area contributed by atoms with Crippen LogP contribution in [-0.4, -0.2) is 23.7 Å². The van der Waals surface area contributed by atoms with Crippen LogP contribution in [0.15, 0.2) is 22.7 Å². The molecule has 0 saturated heterocycles. The number of benzene rings is 1. The molecule has 6 heteroatoms. The van der Waals surface area contributed by atoms with Crippen LogP contribution in [0.4, 0.5) is 0 Å². The van der Waals surface area contributed by atoms with Crippen molar-refractivity contribution in [3.05, 3.63) is 41.0 Å². The van der Waals surface area contributed by atoms with Gasteiger partial charge >= 0.3 is 0 Å². The molecule has 0 aliphatic carbocycles. The number of likely N-dealkylation sites (N-methyl/N-ethyl adjacent to an activating group) is 1. The fourth-order valence-corrected chi connectivity index (χ4v) is 1.79. The molecule has 20 heavy (non-hydrogen) atoms. The minimum absolute atomic E-state index is 0. The van der Waals surface area contributed by atoms with Gasteiger partial charge in [0.15, 0.2) is 12.4 Å². The smallest absolute Gasteiger partial charge is 0.264 e. The molecule has 0 fully saturated rings. The maximum Gasteiger partial charge on any atom is 0.264 e. The third-order valence-corrected chi connectivity index (χ3v) is 2.79. The van der Waals surface area contributed by atoms with Gasteiger partial charge in [0.25, 0.3) is 5.89 Å². The molecule has 0 aliphatic heterocycles. The molecule has 0 unspecified atom stereocenters. The zero-order valence-corrected chi connectivity index (χ0v) is 12.8. The van der Waals surface area contributed by atoms with Crippen molar-refractivity contribution >= 4 is 12.4 Å². The van der Waals surface area contributed by atoms with Gasteiger partial charge in [-0.3, -0.25) is 0 Å². The van der Waals surface area contributed by atoms with Crippen LogP contribution in [0.5, 0.6) is 5.75 Å². The van der Waals surface area contributed by atoms with E-state index in [-0.39, 0.29) is 12.4 Å². The average Bonchev–Trinajstić information content (AvgIpc) is 2.83. The van der Waals surface area contributed by atoms with E-state index in [1.165, 1.54) is 5.56 Å². The molecule has 0 saturated carbocycles. The molecule has 0 atom stereocenters. The Bertz CT molecular complexity index is 543. The summed E-state index contributed by atoms with van der Waals surface area (Å²) in [5, 5.41) is 6.94. The van der Waals surface area contributed by atoms with Gasteiger partial charge in [0.05, 0.1) is 0 Å². The zero-order valence-electron chi connectivity index (χ0n) is 12.0. The molecule has 1 N–H and O–H groups in total. The number of halogens is 1. The molecule has 0 bridgehead atoms. The Morgan fingerprint density at radius 3 is 2.80 bits per heavy atom. The number of hydrogen-bond donors (Lipinski definition) is 1. The molecule has 2 rings (SSSR count). The Morgan fingerprint density at radius 1 is 1.30 bits per heavy atom. The molecule has 1 aromatic heterocycles. The van der Waals surface area contributed by atoms with Gasteiger partial charge < -0.3 is 14.6 Å². The minimum Gasteiger partial charge on any atom is -0.483 e. The molecule has 2 aromatic rings. The highest BCUT2D eigenvalue weighted by Gasteiger charge is 2.07. The Balaban J connectivity index is 0.00000200. The van der Waals surface area contributed by atoms with E-state index in [4.69, 9.17) is 9.26 Å². The van der Waals surface area contributed by atoms with Gasteiger partial charge in [0, 0.05) is 13.0 Å². The molecule has 0 spiro atoms. The third kappa shape index (κ3) is 4.51. The van der Waals surface area contributed by atoms with Crippen molar-refractivity contribution in [2.45, 2.75) is 26.9 Å². The lowest BCUT2D eigenvalue weighted by molar-refractivity contribution is 0.241. The Hall–Kier alpha value is -1.59. The van der Waals surface area contributed by atoms with Crippen LogP contribution in [0.1, 0.15) is 22.8 Å². The molecule has 0 radical (unpaired) electrons. The summed E-state index contributed by atoms with van der Waals surface area (Å²) in [7, 11) is 1.89. The first-order valence-electron chi connectivity index (χ1n) is 6.35. The fraction of sp³-hybridized carbons (Fsp3) is 0.429. The van der Waals surface area contributed by atoms with Crippen LogP contribution in [0, 0.1) is 13.8 Å². The molecule has 5 nitrogen and oxygen atoms in total. The largest absolute Gasteiger partial charge is 0.483 e. The highest BCUT2D eigenvalue weighted by atomic mass is 35.5. The predicted octanol–water partition coefficient (Wildman–Crippen LogP) is 2.45. The van der Waals surface area contributed by atoms with Crippen LogP contribution in [0.3, 0.4) is 0 Å². The van der Waals surface area contributed by atoms with Crippen molar-refractivity contribution in [2.24, 2.45) is 0 Å². The van der Waals surface area contributed by atoms with E-state index in [9.17, 15) is 0 Å². The third-order valence-electron chi connectivity index (χ3n) is 2.79. The SMILES string of the molecule is CNCCc1noc(COc2ccc(C)cc2C)n1.Cl. The molecular formula is C14H20ClN3O2.